The van der Waals surface area contributed by atoms with E-state index in [9.17, 15) is 4.79 Å². The van der Waals surface area contributed by atoms with Crippen LogP contribution in [0.2, 0.25) is 0 Å². The Balaban J connectivity index is 2.00. The maximum absolute atomic E-state index is 13.2. The number of carbonyl (C=O) groups excluding carboxylic acids is 1. The van der Waals surface area contributed by atoms with Gasteiger partial charge in [0.2, 0.25) is 0 Å². The third-order valence-electron chi connectivity index (χ3n) is 4.62. The summed E-state index contributed by atoms with van der Waals surface area (Å²) in [4.78, 5) is 15.3. The molecule has 1 aliphatic rings. The van der Waals surface area contributed by atoms with Gasteiger partial charge < -0.3 is 4.90 Å². The van der Waals surface area contributed by atoms with Crippen LogP contribution in [-0.4, -0.2) is 38.1 Å². The van der Waals surface area contributed by atoms with Gasteiger partial charge in [-0.1, -0.05) is 37.3 Å². The number of carbonyl (C=O) groups is 1. The van der Waals surface area contributed by atoms with E-state index in [1.54, 1.807) is 4.68 Å². The summed E-state index contributed by atoms with van der Waals surface area (Å²) in [5.41, 5.74) is 3.71. The minimum atomic E-state index is 0.106. The summed E-state index contributed by atoms with van der Waals surface area (Å²) >= 11 is 1.94. The Labute approximate surface area is 141 Å². The van der Waals surface area contributed by atoms with Gasteiger partial charge in [0, 0.05) is 30.3 Å². The van der Waals surface area contributed by atoms with Gasteiger partial charge in [0.15, 0.2) is 0 Å². The van der Waals surface area contributed by atoms with Crippen LogP contribution in [0.5, 0.6) is 0 Å². The average molecular weight is 329 g/mol. The van der Waals surface area contributed by atoms with Gasteiger partial charge in [-0.2, -0.15) is 16.9 Å². The van der Waals surface area contributed by atoms with E-state index in [0.29, 0.717) is 5.25 Å². The molecule has 0 spiro atoms. The fraction of sp³-hybridized carbons (Fsp3) is 0.444. The Morgan fingerprint density at radius 1 is 1.26 bits per heavy atom. The minimum absolute atomic E-state index is 0.106. The number of amides is 1. The molecule has 0 bridgehead atoms. The minimum Gasteiger partial charge on any atom is -0.330 e. The molecule has 2 heterocycles. The molecule has 1 aromatic heterocycles. The van der Waals surface area contributed by atoms with E-state index in [1.807, 2.05) is 55.8 Å². The van der Waals surface area contributed by atoms with Gasteiger partial charge >= 0.3 is 0 Å². The largest absolute Gasteiger partial charge is 0.330 e. The number of hydrogen-bond donors (Lipinski definition) is 0. The van der Waals surface area contributed by atoms with Crippen LogP contribution < -0.4 is 0 Å². The zero-order chi connectivity index (χ0) is 16.6. The van der Waals surface area contributed by atoms with Gasteiger partial charge in [-0.05, 0) is 19.4 Å². The third kappa shape index (κ3) is 2.90. The number of aromatic nitrogens is 2. The van der Waals surface area contributed by atoms with Crippen molar-refractivity contribution in [3.05, 3.63) is 52.8 Å². The van der Waals surface area contributed by atoms with Crippen molar-refractivity contribution in [1.29, 1.82) is 0 Å². The standard InChI is InChI=1S/C18H23N3OS/c1-12-16(13(2)20(4)19-12)18(22)21-10-11-23-14(3)17(21)15-8-6-5-7-9-15/h5-9,14,17H,10-11H2,1-4H3/t14-,17-/m1/s1. The predicted molar refractivity (Wildman–Crippen MR) is 94.8 cm³/mol. The topological polar surface area (TPSA) is 38.1 Å². The smallest absolute Gasteiger partial charge is 0.258 e. The molecule has 3 rings (SSSR count). The molecule has 4 nitrogen and oxygen atoms in total. The van der Waals surface area contributed by atoms with E-state index in [2.05, 4.69) is 24.2 Å². The summed E-state index contributed by atoms with van der Waals surface area (Å²) in [5.74, 6) is 1.09. The van der Waals surface area contributed by atoms with Crippen molar-refractivity contribution >= 4 is 17.7 Å². The maximum Gasteiger partial charge on any atom is 0.258 e. The van der Waals surface area contributed by atoms with Crippen molar-refractivity contribution in [1.82, 2.24) is 14.7 Å². The molecule has 2 aromatic rings. The zero-order valence-electron chi connectivity index (χ0n) is 14.1. The van der Waals surface area contributed by atoms with Gasteiger partial charge in [0.05, 0.1) is 17.3 Å². The molecule has 1 fully saturated rings. The summed E-state index contributed by atoms with van der Waals surface area (Å²) < 4.78 is 1.79. The van der Waals surface area contributed by atoms with E-state index in [0.717, 1.165) is 29.2 Å². The van der Waals surface area contributed by atoms with Crippen molar-refractivity contribution in [2.75, 3.05) is 12.3 Å². The lowest BCUT2D eigenvalue weighted by molar-refractivity contribution is 0.0679. The van der Waals surface area contributed by atoms with Crippen molar-refractivity contribution in [2.45, 2.75) is 32.1 Å². The first-order valence-electron chi connectivity index (χ1n) is 7.98. The highest BCUT2D eigenvalue weighted by Gasteiger charge is 2.35. The molecular weight excluding hydrogens is 306 g/mol. The normalized spacial score (nSPS) is 21.5. The lowest BCUT2D eigenvalue weighted by Crippen LogP contribution is -2.44. The lowest BCUT2D eigenvalue weighted by Gasteiger charge is -2.40. The molecule has 0 aliphatic carbocycles. The van der Waals surface area contributed by atoms with E-state index in [4.69, 9.17) is 0 Å². The zero-order valence-corrected chi connectivity index (χ0v) is 14.9. The first-order valence-corrected chi connectivity index (χ1v) is 9.03. The first kappa shape index (κ1) is 16.1. The molecule has 0 radical (unpaired) electrons. The fourth-order valence-corrected chi connectivity index (χ4v) is 4.54. The van der Waals surface area contributed by atoms with Crippen molar-refractivity contribution in [2.24, 2.45) is 7.05 Å². The Kier molecular flexibility index (Phi) is 4.48. The Bertz CT molecular complexity index is 711. The van der Waals surface area contributed by atoms with Crippen LogP contribution in [0.3, 0.4) is 0 Å². The van der Waals surface area contributed by atoms with Crippen LogP contribution in [-0.2, 0) is 7.05 Å². The molecule has 23 heavy (non-hydrogen) atoms. The molecule has 1 aliphatic heterocycles. The number of benzene rings is 1. The summed E-state index contributed by atoms with van der Waals surface area (Å²) in [5, 5.41) is 4.79. The molecule has 1 amide bonds. The molecule has 5 heteroatoms. The van der Waals surface area contributed by atoms with Gasteiger partial charge in [-0.3, -0.25) is 9.48 Å². The molecule has 0 saturated carbocycles. The monoisotopic (exact) mass is 329 g/mol. The Morgan fingerprint density at radius 2 is 1.96 bits per heavy atom. The second kappa shape index (κ2) is 6.40. The number of aryl methyl sites for hydroxylation is 2. The summed E-state index contributed by atoms with van der Waals surface area (Å²) in [6.07, 6.45) is 0. The van der Waals surface area contributed by atoms with E-state index >= 15 is 0 Å². The van der Waals surface area contributed by atoms with Crippen molar-refractivity contribution in [3.63, 3.8) is 0 Å². The van der Waals surface area contributed by atoms with Crippen molar-refractivity contribution in [3.8, 4) is 0 Å². The highest BCUT2D eigenvalue weighted by molar-refractivity contribution is 8.00. The Morgan fingerprint density at radius 3 is 2.57 bits per heavy atom. The summed E-state index contributed by atoms with van der Waals surface area (Å²) in [6, 6.07) is 10.5. The first-order chi connectivity index (χ1) is 11.0. The van der Waals surface area contributed by atoms with Crippen LogP contribution in [0.25, 0.3) is 0 Å². The van der Waals surface area contributed by atoms with Crippen LogP contribution >= 0.6 is 11.8 Å². The van der Waals surface area contributed by atoms with Gasteiger partial charge in [0.1, 0.15) is 0 Å². The number of thioether (sulfide) groups is 1. The summed E-state index contributed by atoms with van der Waals surface area (Å²) in [7, 11) is 1.89. The highest BCUT2D eigenvalue weighted by atomic mass is 32.2. The molecule has 0 unspecified atom stereocenters. The molecule has 1 saturated heterocycles. The van der Waals surface area contributed by atoms with Gasteiger partial charge in [-0.15, -0.1) is 0 Å². The quantitative estimate of drug-likeness (QED) is 0.848. The van der Waals surface area contributed by atoms with Gasteiger partial charge in [0.25, 0.3) is 5.91 Å². The number of nitrogens with zero attached hydrogens (tertiary/aromatic N) is 3. The van der Waals surface area contributed by atoms with E-state index < -0.39 is 0 Å². The SMILES string of the molecule is Cc1nn(C)c(C)c1C(=O)N1CCS[C@H](C)[C@@H]1c1ccccc1. The fourth-order valence-electron chi connectivity index (χ4n) is 3.38. The van der Waals surface area contributed by atoms with Crippen LogP contribution in [0, 0.1) is 13.8 Å². The van der Waals surface area contributed by atoms with Crippen LogP contribution in [0.1, 0.15) is 40.3 Å². The second-order valence-electron chi connectivity index (χ2n) is 6.10. The summed E-state index contributed by atoms with van der Waals surface area (Å²) in [6.45, 7) is 6.87. The Hall–Kier alpha value is -1.75. The maximum atomic E-state index is 13.2. The molecule has 1 aromatic carbocycles. The van der Waals surface area contributed by atoms with E-state index in [-0.39, 0.29) is 11.9 Å². The molecular formula is C18H23N3OS. The second-order valence-corrected chi connectivity index (χ2v) is 7.58. The van der Waals surface area contributed by atoms with Gasteiger partial charge in [-0.25, -0.2) is 0 Å². The number of rotatable bonds is 2. The molecule has 122 valence electrons. The van der Waals surface area contributed by atoms with Crippen molar-refractivity contribution < 1.29 is 4.79 Å². The van der Waals surface area contributed by atoms with Crippen LogP contribution in [0.15, 0.2) is 30.3 Å². The lowest BCUT2D eigenvalue weighted by atomic mass is 10.0. The third-order valence-corrected chi connectivity index (χ3v) is 5.82. The van der Waals surface area contributed by atoms with Crippen LogP contribution in [0.4, 0.5) is 0 Å². The number of hydrogen-bond acceptors (Lipinski definition) is 3. The predicted octanol–water partition coefficient (Wildman–Crippen LogP) is 3.36. The highest BCUT2D eigenvalue weighted by Crippen LogP contribution is 2.37. The molecule has 0 N–H and O–H groups in total. The average Bonchev–Trinajstić information content (AvgIpc) is 2.80. The van der Waals surface area contributed by atoms with E-state index in [1.165, 1.54) is 5.56 Å². The molecule has 2 atom stereocenters.